The predicted octanol–water partition coefficient (Wildman–Crippen LogP) is 0.381. The van der Waals surface area contributed by atoms with Gasteiger partial charge in [-0.1, -0.05) is 6.42 Å². The molecule has 1 aliphatic heterocycles. The molecule has 4 heteroatoms. The number of nitrogens with one attached hydrogen (secondary N) is 1. The Balaban J connectivity index is 2.10. The third-order valence-corrected chi connectivity index (χ3v) is 3.14. The van der Waals surface area contributed by atoms with Gasteiger partial charge in [-0.2, -0.15) is 0 Å². The molecule has 2 aliphatic rings. The molecule has 0 bridgehead atoms. The van der Waals surface area contributed by atoms with E-state index in [4.69, 9.17) is 15.9 Å². The number of nitrogens with zero attached hydrogens (tertiary/aromatic N) is 1. The van der Waals surface area contributed by atoms with E-state index in [1.807, 2.05) is 4.90 Å². The minimum atomic E-state index is 0.211. The second-order valence-electron chi connectivity index (χ2n) is 3.91. The second-order valence-corrected chi connectivity index (χ2v) is 3.91. The number of hydrogen-bond acceptors (Lipinski definition) is 2. The van der Waals surface area contributed by atoms with Crippen molar-refractivity contribution >= 4 is 5.96 Å². The molecule has 0 aromatic rings. The van der Waals surface area contributed by atoms with Gasteiger partial charge in [0.05, 0.1) is 13.2 Å². The zero-order valence-electron chi connectivity index (χ0n) is 7.83. The van der Waals surface area contributed by atoms with Gasteiger partial charge in [-0.25, -0.2) is 0 Å². The standard InChI is InChI=1S/C9H17N3O/c10-9(11)12-4-5-13-6-7-2-1-3-8(7)12/h7-8H,1-6H2,(H3,10,11)/t7-,8-/m0/s1. The normalized spacial score (nSPS) is 34.0. The van der Waals surface area contributed by atoms with Gasteiger partial charge in [0.15, 0.2) is 5.96 Å². The molecule has 0 amide bonds. The van der Waals surface area contributed by atoms with Crippen molar-refractivity contribution in [3.05, 3.63) is 0 Å². The third-order valence-electron chi connectivity index (χ3n) is 3.14. The van der Waals surface area contributed by atoms with Crippen LogP contribution in [0.25, 0.3) is 0 Å². The highest BCUT2D eigenvalue weighted by atomic mass is 16.5. The predicted molar refractivity (Wildman–Crippen MR) is 50.6 cm³/mol. The first-order valence-electron chi connectivity index (χ1n) is 4.97. The summed E-state index contributed by atoms with van der Waals surface area (Å²) in [5.41, 5.74) is 5.55. The van der Waals surface area contributed by atoms with Gasteiger partial charge in [0.25, 0.3) is 0 Å². The molecule has 2 rings (SSSR count). The van der Waals surface area contributed by atoms with Crippen molar-refractivity contribution in [1.29, 1.82) is 5.41 Å². The molecule has 13 heavy (non-hydrogen) atoms. The third kappa shape index (κ3) is 1.63. The fraction of sp³-hybridized carbons (Fsp3) is 0.889. The van der Waals surface area contributed by atoms with E-state index in [9.17, 15) is 0 Å². The van der Waals surface area contributed by atoms with Crippen LogP contribution >= 0.6 is 0 Å². The van der Waals surface area contributed by atoms with E-state index in [2.05, 4.69) is 0 Å². The lowest BCUT2D eigenvalue weighted by Gasteiger charge is -2.29. The summed E-state index contributed by atoms with van der Waals surface area (Å²) in [5, 5.41) is 7.49. The van der Waals surface area contributed by atoms with Crippen LogP contribution in [0, 0.1) is 11.3 Å². The van der Waals surface area contributed by atoms with Crippen molar-refractivity contribution in [2.45, 2.75) is 25.3 Å². The molecule has 0 radical (unpaired) electrons. The highest BCUT2D eigenvalue weighted by molar-refractivity contribution is 5.75. The molecule has 0 aromatic heterocycles. The number of nitrogens with two attached hydrogens (primary N) is 1. The first kappa shape index (κ1) is 8.81. The summed E-state index contributed by atoms with van der Waals surface area (Å²) in [6.07, 6.45) is 3.66. The van der Waals surface area contributed by atoms with Crippen molar-refractivity contribution in [1.82, 2.24) is 4.90 Å². The van der Waals surface area contributed by atoms with Gasteiger partial charge < -0.3 is 15.4 Å². The molecular weight excluding hydrogens is 166 g/mol. The number of fused-ring (bicyclic) bond motifs is 1. The van der Waals surface area contributed by atoms with Gasteiger partial charge in [0, 0.05) is 18.5 Å². The molecule has 4 nitrogen and oxygen atoms in total. The molecule has 0 aromatic carbocycles. The van der Waals surface area contributed by atoms with Crippen molar-refractivity contribution in [2.75, 3.05) is 19.8 Å². The lowest BCUT2D eigenvalue weighted by atomic mass is 10.0. The average molecular weight is 183 g/mol. The molecule has 1 aliphatic carbocycles. The zero-order valence-corrected chi connectivity index (χ0v) is 7.83. The Hall–Kier alpha value is -0.770. The Morgan fingerprint density at radius 2 is 2.31 bits per heavy atom. The highest BCUT2D eigenvalue weighted by Gasteiger charge is 2.34. The molecule has 1 saturated carbocycles. The number of rotatable bonds is 0. The Labute approximate surface area is 78.5 Å². The number of ether oxygens (including phenoxy) is 1. The zero-order chi connectivity index (χ0) is 9.26. The number of guanidine groups is 1. The van der Waals surface area contributed by atoms with Crippen molar-refractivity contribution < 1.29 is 4.74 Å². The summed E-state index contributed by atoms with van der Waals surface area (Å²) < 4.78 is 5.49. The first-order chi connectivity index (χ1) is 6.29. The van der Waals surface area contributed by atoms with Crippen LogP contribution in [-0.4, -0.2) is 36.7 Å². The lowest BCUT2D eigenvalue weighted by Crippen LogP contribution is -2.46. The molecule has 0 spiro atoms. The maximum absolute atomic E-state index is 7.49. The van der Waals surface area contributed by atoms with E-state index in [0.29, 0.717) is 18.6 Å². The summed E-state index contributed by atoms with van der Waals surface area (Å²) >= 11 is 0. The number of hydrogen-bond donors (Lipinski definition) is 2. The minimum absolute atomic E-state index is 0.211. The van der Waals surface area contributed by atoms with Crippen LogP contribution in [0.15, 0.2) is 0 Å². The monoisotopic (exact) mass is 183 g/mol. The van der Waals surface area contributed by atoms with Crippen LogP contribution in [0.2, 0.25) is 0 Å². The SMILES string of the molecule is N=C(N)N1CCOC[C@@H]2CCC[C@@H]21. The van der Waals surface area contributed by atoms with Gasteiger partial charge in [-0.15, -0.1) is 0 Å². The summed E-state index contributed by atoms with van der Waals surface area (Å²) in [6.45, 7) is 2.36. The maximum atomic E-state index is 7.49. The molecule has 2 atom stereocenters. The average Bonchev–Trinajstić information content (AvgIpc) is 2.44. The van der Waals surface area contributed by atoms with E-state index >= 15 is 0 Å². The minimum Gasteiger partial charge on any atom is -0.379 e. The summed E-state index contributed by atoms with van der Waals surface area (Å²) in [7, 11) is 0. The molecule has 0 unspecified atom stereocenters. The largest absolute Gasteiger partial charge is 0.379 e. The molecule has 1 saturated heterocycles. The molecule has 2 fully saturated rings. The molecule has 3 N–H and O–H groups in total. The first-order valence-corrected chi connectivity index (χ1v) is 4.97. The molecule has 74 valence electrons. The van der Waals surface area contributed by atoms with Crippen molar-refractivity contribution in [3.8, 4) is 0 Å². The summed E-state index contributed by atoms with van der Waals surface area (Å²) in [5.74, 6) is 0.814. The summed E-state index contributed by atoms with van der Waals surface area (Å²) in [4.78, 5) is 2.00. The Kier molecular flexibility index (Phi) is 2.40. The van der Waals surface area contributed by atoms with E-state index in [1.54, 1.807) is 0 Å². The lowest BCUT2D eigenvalue weighted by molar-refractivity contribution is 0.121. The van der Waals surface area contributed by atoms with E-state index in [0.717, 1.165) is 13.2 Å². The van der Waals surface area contributed by atoms with E-state index < -0.39 is 0 Å². The Bertz CT molecular complexity index is 207. The van der Waals surface area contributed by atoms with Crippen LogP contribution in [0.1, 0.15) is 19.3 Å². The van der Waals surface area contributed by atoms with Crippen LogP contribution < -0.4 is 5.73 Å². The van der Waals surface area contributed by atoms with Crippen molar-refractivity contribution in [2.24, 2.45) is 11.7 Å². The van der Waals surface area contributed by atoms with Crippen LogP contribution in [0.4, 0.5) is 0 Å². The molecular formula is C9H17N3O. The van der Waals surface area contributed by atoms with Gasteiger partial charge in [-0.05, 0) is 12.8 Å². The van der Waals surface area contributed by atoms with Crippen LogP contribution in [0.5, 0.6) is 0 Å². The summed E-state index contributed by atoms with van der Waals surface area (Å²) in [6, 6.07) is 0.472. The topological polar surface area (TPSA) is 62.3 Å². The van der Waals surface area contributed by atoms with Gasteiger partial charge in [-0.3, -0.25) is 5.41 Å². The van der Waals surface area contributed by atoms with Crippen LogP contribution in [0.3, 0.4) is 0 Å². The van der Waals surface area contributed by atoms with Gasteiger partial charge in [0.2, 0.25) is 0 Å². The highest BCUT2D eigenvalue weighted by Crippen LogP contribution is 2.31. The van der Waals surface area contributed by atoms with E-state index in [1.165, 1.54) is 19.3 Å². The quantitative estimate of drug-likeness (QED) is 0.421. The second kappa shape index (κ2) is 3.54. The Morgan fingerprint density at radius 1 is 1.46 bits per heavy atom. The van der Waals surface area contributed by atoms with Crippen LogP contribution in [-0.2, 0) is 4.74 Å². The molecule has 1 heterocycles. The fourth-order valence-electron chi connectivity index (χ4n) is 2.48. The van der Waals surface area contributed by atoms with Crippen molar-refractivity contribution in [3.63, 3.8) is 0 Å². The maximum Gasteiger partial charge on any atom is 0.188 e. The van der Waals surface area contributed by atoms with E-state index in [-0.39, 0.29) is 5.96 Å². The smallest absolute Gasteiger partial charge is 0.188 e. The van der Waals surface area contributed by atoms with Gasteiger partial charge >= 0.3 is 0 Å². The fourth-order valence-corrected chi connectivity index (χ4v) is 2.48. The Morgan fingerprint density at radius 3 is 3.08 bits per heavy atom. The van der Waals surface area contributed by atoms with Gasteiger partial charge in [0.1, 0.15) is 0 Å².